The highest BCUT2D eigenvalue weighted by Gasteiger charge is 2.06. The molecule has 130 valence electrons. The molecule has 0 aliphatic heterocycles. The molecule has 0 aliphatic carbocycles. The second-order valence-corrected chi connectivity index (χ2v) is 5.78. The number of anilines is 1. The first-order valence-corrected chi connectivity index (χ1v) is 8.01. The van der Waals surface area contributed by atoms with Gasteiger partial charge < -0.3 is 15.6 Å². The molecule has 0 radical (unpaired) electrons. The largest absolute Gasteiger partial charge is 0.366 e. The van der Waals surface area contributed by atoms with Crippen molar-refractivity contribution in [2.75, 3.05) is 5.32 Å². The molecule has 1 aromatic heterocycles. The molecule has 1 heterocycles. The van der Waals surface area contributed by atoms with Gasteiger partial charge in [-0.1, -0.05) is 18.2 Å². The van der Waals surface area contributed by atoms with Crippen molar-refractivity contribution in [2.24, 2.45) is 5.73 Å². The molecule has 2 aromatic carbocycles. The van der Waals surface area contributed by atoms with Crippen LogP contribution in [0.3, 0.4) is 0 Å². The van der Waals surface area contributed by atoms with E-state index in [0.29, 0.717) is 11.3 Å². The number of hydrogen-bond acceptors (Lipinski definition) is 3. The summed E-state index contributed by atoms with van der Waals surface area (Å²) in [6.45, 7) is 1.85. The van der Waals surface area contributed by atoms with Crippen molar-refractivity contribution in [3.63, 3.8) is 0 Å². The third-order valence-corrected chi connectivity index (χ3v) is 3.90. The molecule has 0 spiro atoms. The van der Waals surface area contributed by atoms with Gasteiger partial charge in [0.25, 0.3) is 0 Å². The number of aromatic nitrogens is 2. The normalized spacial score (nSPS) is 10.8. The Balaban J connectivity index is 1.68. The minimum atomic E-state index is -0.533. The van der Waals surface area contributed by atoms with Crippen LogP contribution in [0.5, 0.6) is 0 Å². The Hall–Kier alpha value is -3.67. The van der Waals surface area contributed by atoms with Crippen molar-refractivity contribution in [2.45, 2.75) is 6.92 Å². The molecular weight excluding hydrogens is 328 g/mol. The number of carbonyl (C=O) groups is 2. The molecule has 26 heavy (non-hydrogen) atoms. The standard InChI is InChI=1S/C20H18N4O2/c1-14-2-6-16(20(21)26)12-18(14)23-19(25)9-5-15-3-7-17(8-4-15)24-11-10-22-13-24/h2-13H,1H3,(H2,21,26)(H,23,25)/b9-5+. The van der Waals surface area contributed by atoms with Crippen molar-refractivity contribution in [3.05, 3.63) is 84.0 Å². The summed E-state index contributed by atoms with van der Waals surface area (Å²) in [4.78, 5) is 27.4. The van der Waals surface area contributed by atoms with Crippen LogP contribution in [0.2, 0.25) is 0 Å². The molecule has 0 fully saturated rings. The van der Waals surface area contributed by atoms with Gasteiger partial charge in [0.1, 0.15) is 0 Å². The molecule has 0 unspecified atom stereocenters. The summed E-state index contributed by atoms with van der Waals surface area (Å²) >= 11 is 0. The topological polar surface area (TPSA) is 90.0 Å². The molecule has 0 saturated heterocycles. The molecule has 0 saturated carbocycles. The van der Waals surface area contributed by atoms with E-state index >= 15 is 0 Å². The van der Waals surface area contributed by atoms with Crippen LogP contribution < -0.4 is 11.1 Å². The van der Waals surface area contributed by atoms with Crippen LogP contribution >= 0.6 is 0 Å². The van der Waals surface area contributed by atoms with Gasteiger partial charge in [0.2, 0.25) is 11.8 Å². The zero-order valence-electron chi connectivity index (χ0n) is 14.2. The average molecular weight is 346 g/mol. The Kier molecular flexibility index (Phi) is 4.94. The van der Waals surface area contributed by atoms with Gasteiger partial charge in [-0.05, 0) is 48.4 Å². The second-order valence-electron chi connectivity index (χ2n) is 5.78. The molecule has 3 aromatic rings. The lowest BCUT2D eigenvalue weighted by atomic mass is 10.1. The van der Waals surface area contributed by atoms with Crippen LogP contribution in [0.1, 0.15) is 21.5 Å². The zero-order chi connectivity index (χ0) is 18.5. The molecule has 2 amide bonds. The smallest absolute Gasteiger partial charge is 0.248 e. The molecule has 0 atom stereocenters. The van der Waals surface area contributed by atoms with E-state index < -0.39 is 5.91 Å². The maximum atomic E-state index is 12.1. The molecule has 3 N–H and O–H groups in total. The minimum absolute atomic E-state index is 0.284. The summed E-state index contributed by atoms with van der Waals surface area (Å²) in [7, 11) is 0. The van der Waals surface area contributed by atoms with Crippen LogP contribution in [-0.2, 0) is 4.79 Å². The number of primary amides is 1. The lowest BCUT2D eigenvalue weighted by Gasteiger charge is -2.08. The van der Waals surface area contributed by atoms with Gasteiger partial charge >= 0.3 is 0 Å². The number of imidazole rings is 1. The van der Waals surface area contributed by atoms with Gasteiger partial charge in [-0.15, -0.1) is 0 Å². The molecule has 3 rings (SSSR count). The van der Waals surface area contributed by atoms with Crippen molar-refractivity contribution < 1.29 is 9.59 Å². The highest BCUT2D eigenvalue weighted by Crippen LogP contribution is 2.17. The summed E-state index contributed by atoms with van der Waals surface area (Å²) in [6, 6.07) is 12.7. The third-order valence-electron chi connectivity index (χ3n) is 3.90. The van der Waals surface area contributed by atoms with Crippen molar-refractivity contribution in [1.82, 2.24) is 9.55 Å². The van der Waals surface area contributed by atoms with Crippen LogP contribution in [0.4, 0.5) is 5.69 Å². The molecular formula is C20H18N4O2. The van der Waals surface area contributed by atoms with Crippen molar-refractivity contribution in [1.29, 1.82) is 0 Å². The average Bonchev–Trinajstić information content (AvgIpc) is 3.17. The monoisotopic (exact) mass is 346 g/mol. The van der Waals surface area contributed by atoms with Gasteiger partial charge in [-0.25, -0.2) is 4.98 Å². The predicted molar refractivity (Wildman–Crippen MR) is 101 cm³/mol. The fourth-order valence-electron chi connectivity index (χ4n) is 2.43. The van der Waals surface area contributed by atoms with E-state index in [1.165, 1.54) is 6.08 Å². The number of nitrogens with zero attached hydrogens (tertiary/aromatic N) is 2. The maximum absolute atomic E-state index is 12.1. The Morgan fingerprint density at radius 3 is 2.58 bits per heavy atom. The number of amides is 2. The maximum Gasteiger partial charge on any atom is 0.248 e. The Labute approximate surface area is 151 Å². The first-order chi connectivity index (χ1) is 12.5. The van der Waals surface area contributed by atoms with E-state index in [1.54, 1.807) is 36.8 Å². The molecule has 0 aliphatic rings. The van der Waals surface area contributed by atoms with Crippen LogP contribution in [-0.4, -0.2) is 21.4 Å². The number of benzene rings is 2. The van der Waals surface area contributed by atoms with Gasteiger partial charge in [0, 0.05) is 35.4 Å². The second kappa shape index (κ2) is 7.48. The SMILES string of the molecule is Cc1ccc(C(N)=O)cc1NC(=O)/C=C/c1ccc(-n2ccnc2)cc1. The zero-order valence-corrected chi connectivity index (χ0v) is 14.2. The molecule has 6 nitrogen and oxygen atoms in total. The number of nitrogens with two attached hydrogens (primary N) is 1. The Morgan fingerprint density at radius 1 is 1.15 bits per heavy atom. The molecule has 6 heteroatoms. The highest BCUT2D eigenvalue weighted by atomic mass is 16.1. The summed E-state index contributed by atoms with van der Waals surface area (Å²) in [5.74, 6) is -0.817. The fraction of sp³-hybridized carbons (Fsp3) is 0.0500. The van der Waals surface area contributed by atoms with E-state index in [-0.39, 0.29) is 5.91 Å². The van der Waals surface area contributed by atoms with Crippen molar-refractivity contribution in [3.8, 4) is 5.69 Å². The van der Waals surface area contributed by atoms with E-state index in [1.807, 2.05) is 42.0 Å². The van der Waals surface area contributed by atoms with Crippen LogP contribution in [0, 0.1) is 6.92 Å². The third kappa shape index (κ3) is 4.05. The predicted octanol–water partition coefficient (Wildman–Crippen LogP) is 2.93. The van der Waals surface area contributed by atoms with Crippen LogP contribution in [0.25, 0.3) is 11.8 Å². The first kappa shape index (κ1) is 17.2. The fourth-order valence-corrected chi connectivity index (χ4v) is 2.43. The number of nitrogens with one attached hydrogen (secondary N) is 1. The Bertz CT molecular complexity index is 958. The first-order valence-electron chi connectivity index (χ1n) is 8.01. The summed E-state index contributed by atoms with van der Waals surface area (Å²) in [6.07, 6.45) is 8.47. The minimum Gasteiger partial charge on any atom is -0.366 e. The lowest BCUT2D eigenvalue weighted by Crippen LogP contribution is -2.13. The highest BCUT2D eigenvalue weighted by molar-refractivity contribution is 6.03. The Morgan fingerprint density at radius 2 is 1.92 bits per heavy atom. The summed E-state index contributed by atoms with van der Waals surface area (Å²) < 4.78 is 1.90. The number of aryl methyl sites for hydroxylation is 1. The van der Waals surface area contributed by atoms with E-state index in [9.17, 15) is 9.59 Å². The van der Waals surface area contributed by atoms with Gasteiger partial charge in [-0.3, -0.25) is 9.59 Å². The van der Waals surface area contributed by atoms with Gasteiger partial charge in [0.15, 0.2) is 0 Å². The lowest BCUT2D eigenvalue weighted by molar-refractivity contribution is -0.111. The van der Waals surface area contributed by atoms with Gasteiger partial charge in [0.05, 0.1) is 6.33 Å². The summed E-state index contributed by atoms with van der Waals surface area (Å²) in [5.41, 5.74) is 8.92. The number of rotatable bonds is 5. The molecule has 0 bridgehead atoms. The quantitative estimate of drug-likeness (QED) is 0.696. The van der Waals surface area contributed by atoms with Crippen LogP contribution in [0.15, 0.2) is 67.3 Å². The van der Waals surface area contributed by atoms with Gasteiger partial charge in [-0.2, -0.15) is 0 Å². The number of hydrogen-bond donors (Lipinski definition) is 2. The van der Waals surface area contributed by atoms with E-state index in [2.05, 4.69) is 10.3 Å². The number of carbonyl (C=O) groups excluding carboxylic acids is 2. The van der Waals surface area contributed by atoms with Crippen molar-refractivity contribution >= 4 is 23.6 Å². The van der Waals surface area contributed by atoms with E-state index in [4.69, 9.17) is 5.73 Å². The summed E-state index contributed by atoms with van der Waals surface area (Å²) in [5, 5.41) is 2.76. The van der Waals surface area contributed by atoms with E-state index in [0.717, 1.165) is 16.8 Å².